The molecule has 5 nitrogen and oxygen atoms in total. The Balaban J connectivity index is 1.77. The summed E-state index contributed by atoms with van der Waals surface area (Å²) < 4.78 is 5.17. The summed E-state index contributed by atoms with van der Waals surface area (Å²) in [5, 5.41) is 3.08. The summed E-state index contributed by atoms with van der Waals surface area (Å²) in [7, 11) is 0. The molecule has 1 N–H and O–H groups in total. The van der Waals surface area contributed by atoms with Crippen LogP contribution in [0.1, 0.15) is 62.9 Å². The topological polar surface area (TPSA) is 62.6 Å². The molecule has 1 aromatic rings. The van der Waals surface area contributed by atoms with E-state index in [2.05, 4.69) is 5.32 Å². The highest BCUT2D eigenvalue weighted by Gasteiger charge is 2.21. The molecule has 122 valence electrons. The maximum absolute atomic E-state index is 12.3. The molecular formula is C17H26N2O3. The number of nitrogens with one attached hydrogen (secondary N) is 1. The Labute approximate surface area is 132 Å². The first-order valence-electron chi connectivity index (χ1n) is 8.21. The molecule has 22 heavy (non-hydrogen) atoms. The van der Waals surface area contributed by atoms with E-state index >= 15 is 0 Å². The third kappa shape index (κ3) is 4.61. The summed E-state index contributed by atoms with van der Waals surface area (Å²) in [6.07, 6.45) is 7.25. The van der Waals surface area contributed by atoms with Crippen LogP contribution in [-0.4, -0.2) is 35.3 Å². The normalized spacial score (nSPS) is 15.2. The smallest absolute Gasteiger partial charge is 0.289 e. The van der Waals surface area contributed by atoms with Gasteiger partial charge >= 0.3 is 0 Å². The predicted octanol–water partition coefficient (Wildman–Crippen LogP) is 2.97. The molecule has 0 radical (unpaired) electrons. The van der Waals surface area contributed by atoms with Gasteiger partial charge in [0.2, 0.25) is 5.91 Å². The molecule has 1 aromatic heterocycles. The van der Waals surface area contributed by atoms with E-state index in [9.17, 15) is 9.59 Å². The summed E-state index contributed by atoms with van der Waals surface area (Å²) >= 11 is 0. The van der Waals surface area contributed by atoms with E-state index in [1.54, 1.807) is 17.0 Å². The van der Waals surface area contributed by atoms with Gasteiger partial charge in [0, 0.05) is 25.0 Å². The van der Waals surface area contributed by atoms with Crippen LogP contribution in [-0.2, 0) is 4.79 Å². The molecule has 5 heteroatoms. The highest BCUT2D eigenvalue weighted by atomic mass is 16.3. The molecule has 1 aliphatic carbocycles. The second-order valence-electron chi connectivity index (χ2n) is 6.22. The van der Waals surface area contributed by atoms with E-state index in [4.69, 9.17) is 4.42 Å². The van der Waals surface area contributed by atoms with Crippen molar-refractivity contribution in [2.24, 2.45) is 0 Å². The average molecular weight is 306 g/mol. The third-order valence-electron chi connectivity index (χ3n) is 4.14. The predicted molar refractivity (Wildman–Crippen MR) is 84.5 cm³/mol. The monoisotopic (exact) mass is 306 g/mol. The van der Waals surface area contributed by atoms with Crippen LogP contribution in [0.4, 0.5) is 0 Å². The maximum atomic E-state index is 12.3. The van der Waals surface area contributed by atoms with Crippen molar-refractivity contribution >= 4 is 11.8 Å². The molecule has 0 spiro atoms. The van der Waals surface area contributed by atoms with Crippen molar-refractivity contribution in [3.63, 3.8) is 0 Å². The second-order valence-corrected chi connectivity index (χ2v) is 6.22. The van der Waals surface area contributed by atoms with Gasteiger partial charge in [0.05, 0.1) is 6.26 Å². The Hall–Kier alpha value is -1.78. The zero-order valence-corrected chi connectivity index (χ0v) is 13.5. The standard InChI is InChI=1S/C17H26N2O3/c1-13(2)19(17(21)15-9-6-12-22-15)11-5-10-16(20)18-14-7-3-4-8-14/h6,9,12-14H,3-5,7-8,10-11H2,1-2H3,(H,18,20). The zero-order chi connectivity index (χ0) is 15.9. The van der Waals surface area contributed by atoms with E-state index in [-0.39, 0.29) is 17.9 Å². The van der Waals surface area contributed by atoms with Crippen LogP contribution in [0, 0.1) is 0 Å². The van der Waals surface area contributed by atoms with Crippen molar-refractivity contribution in [1.29, 1.82) is 0 Å². The first-order chi connectivity index (χ1) is 10.6. The summed E-state index contributed by atoms with van der Waals surface area (Å²) in [5.41, 5.74) is 0. The molecule has 0 aliphatic heterocycles. The van der Waals surface area contributed by atoms with Gasteiger partial charge in [0.25, 0.3) is 5.91 Å². The third-order valence-corrected chi connectivity index (χ3v) is 4.14. The zero-order valence-electron chi connectivity index (χ0n) is 13.5. The first-order valence-corrected chi connectivity index (χ1v) is 8.21. The van der Waals surface area contributed by atoms with E-state index in [1.165, 1.54) is 19.1 Å². The molecule has 0 unspecified atom stereocenters. The van der Waals surface area contributed by atoms with Gasteiger partial charge in [-0.1, -0.05) is 12.8 Å². The number of amides is 2. The van der Waals surface area contributed by atoms with Gasteiger partial charge < -0.3 is 14.6 Å². The van der Waals surface area contributed by atoms with Crippen molar-refractivity contribution in [3.05, 3.63) is 24.2 Å². The molecule has 2 rings (SSSR count). The van der Waals surface area contributed by atoms with E-state index in [0.29, 0.717) is 31.2 Å². The highest BCUT2D eigenvalue weighted by molar-refractivity contribution is 5.91. The Morgan fingerprint density at radius 3 is 2.68 bits per heavy atom. The molecule has 0 bridgehead atoms. The van der Waals surface area contributed by atoms with Crippen molar-refractivity contribution in [1.82, 2.24) is 10.2 Å². The largest absolute Gasteiger partial charge is 0.459 e. The van der Waals surface area contributed by atoms with Gasteiger partial charge in [-0.15, -0.1) is 0 Å². The summed E-state index contributed by atoms with van der Waals surface area (Å²) in [6, 6.07) is 3.82. The number of carbonyl (C=O) groups is 2. The molecule has 0 atom stereocenters. The van der Waals surface area contributed by atoms with Gasteiger partial charge in [0.1, 0.15) is 0 Å². The Morgan fingerprint density at radius 2 is 2.09 bits per heavy atom. The lowest BCUT2D eigenvalue weighted by molar-refractivity contribution is -0.121. The fraction of sp³-hybridized carbons (Fsp3) is 0.647. The minimum absolute atomic E-state index is 0.0792. The molecule has 1 fully saturated rings. The molecule has 1 saturated carbocycles. The SMILES string of the molecule is CC(C)N(CCCC(=O)NC1CCCC1)C(=O)c1ccco1. The Bertz CT molecular complexity index is 476. The van der Waals surface area contributed by atoms with Gasteiger partial charge in [-0.05, 0) is 45.2 Å². The van der Waals surface area contributed by atoms with E-state index in [0.717, 1.165) is 12.8 Å². The average Bonchev–Trinajstić information content (AvgIpc) is 3.15. The minimum atomic E-state index is -0.115. The number of rotatable bonds is 7. The van der Waals surface area contributed by atoms with Crippen LogP contribution < -0.4 is 5.32 Å². The maximum Gasteiger partial charge on any atom is 0.289 e. The van der Waals surface area contributed by atoms with Gasteiger partial charge in [-0.3, -0.25) is 9.59 Å². The van der Waals surface area contributed by atoms with Crippen LogP contribution in [0.25, 0.3) is 0 Å². The van der Waals surface area contributed by atoms with Crippen molar-refractivity contribution in [2.45, 2.75) is 64.5 Å². The van der Waals surface area contributed by atoms with Crippen LogP contribution in [0.15, 0.2) is 22.8 Å². The number of furan rings is 1. The summed E-state index contributed by atoms with van der Waals surface area (Å²) in [6.45, 7) is 4.51. The van der Waals surface area contributed by atoms with Crippen molar-refractivity contribution < 1.29 is 14.0 Å². The van der Waals surface area contributed by atoms with E-state index < -0.39 is 0 Å². The molecular weight excluding hydrogens is 280 g/mol. The minimum Gasteiger partial charge on any atom is -0.459 e. The molecule has 2 amide bonds. The molecule has 1 heterocycles. The number of hydrogen-bond donors (Lipinski definition) is 1. The number of nitrogens with zero attached hydrogens (tertiary/aromatic N) is 1. The molecule has 0 saturated heterocycles. The van der Waals surface area contributed by atoms with Crippen molar-refractivity contribution in [2.75, 3.05) is 6.54 Å². The molecule has 0 aromatic carbocycles. The lowest BCUT2D eigenvalue weighted by Gasteiger charge is -2.25. The number of hydrogen-bond acceptors (Lipinski definition) is 3. The van der Waals surface area contributed by atoms with Crippen LogP contribution in [0.2, 0.25) is 0 Å². The first kappa shape index (κ1) is 16.6. The van der Waals surface area contributed by atoms with Gasteiger partial charge in [-0.2, -0.15) is 0 Å². The Morgan fingerprint density at radius 1 is 1.36 bits per heavy atom. The highest BCUT2D eigenvalue weighted by Crippen LogP contribution is 2.17. The van der Waals surface area contributed by atoms with Crippen molar-refractivity contribution in [3.8, 4) is 0 Å². The lowest BCUT2D eigenvalue weighted by Crippen LogP contribution is -2.38. The second kappa shape index (κ2) is 8.01. The van der Waals surface area contributed by atoms with E-state index in [1.807, 2.05) is 13.8 Å². The van der Waals surface area contributed by atoms with Crippen LogP contribution in [0.3, 0.4) is 0 Å². The van der Waals surface area contributed by atoms with Gasteiger partial charge in [-0.25, -0.2) is 0 Å². The quantitative estimate of drug-likeness (QED) is 0.842. The van der Waals surface area contributed by atoms with Crippen LogP contribution >= 0.6 is 0 Å². The number of carbonyl (C=O) groups excluding carboxylic acids is 2. The lowest BCUT2D eigenvalue weighted by atomic mass is 10.2. The molecule has 1 aliphatic rings. The van der Waals surface area contributed by atoms with Crippen LogP contribution in [0.5, 0.6) is 0 Å². The Kier molecular flexibility index (Phi) is 6.04. The van der Waals surface area contributed by atoms with Gasteiger partial charge in [0.15, 0.2) is 5.76 Å². The fourth-order valence-electron chi connectivity index (χ4n) is 2.92. The summed E-state index contributed by atoms with van der Waals surface area (Å²) in [5.74, 6) is 0.335. The fourth-order valence-corrected chi connectivity index (χ4v) is 2.92. The summed E-state index contributed by atoms with van der Waals surface area (Å²) in [4.78, 5) is 26.0.